The number of pyridine rings is 1. The molecule has 0 saturated heterocycles. The number of benzene rings is 1. The van der Waals surface area contributed by atoms with Gasteiger partial charge in [0.25, 0.3) is 0 Å². The molecule has 170 valence electrons. The van der Waals surface area contributed by atoms with Crippen molar-refractivity contribution in [3.63, 3.8) is 0 Å². The van der Waals surface area contributed by atoms with Gasteiger partial charge in [-0.1, -0.05) is 31.3 Å². The lowest BCUT2D eigenvalue weighted by atomic mass is 9.86. The Kier molecular flexibility index (Phi) is 6.63. The minimum atomic E-state index is -0.587. The number of aromatic amines is 1. The summed E-state index contributed by atoms with van der Waals surface area (Å²) < 4.78 is 10.5. The second-order valence-corrected chi connectivity index (χ2v) is 8.68. The molecule has 7 heteroatoms. The first kappa shape index (κ1) is 22.1. The third kappa shape index (κ3) is 4.71. The smallest absolute Gasteiger partial charge is 0.439 e. The van der Waals surface area contributed by atoms with Crippen LogP contribution in [0.2, 0.25) is 0 Å². The Morgan fingerprint density at radius 3 is 2.66 bits per heavy atom. The van der Waals surface area contributed by atoms with E-state index in [1.165, 1.54) is 30.4 Å². The SMILES string of the molecule is CCc1c(OCc2noc(=O)[nH]2)cc(C)c(Cc2ccc(O)c(C3CCCCC3)n2)c1C. The van der Waals surface area contributed by atoms with Crippen LogP contribution in [0, 0.1) is 13.8 Å². The molecule has 0 atom stereocenters. The van der Waals surface area contributed by atoms with Crippen LogP contribution in [0.3, 0.4) is 0 Å². The molecule has 0 spiro atoms. The second-order valence-electron chi connectivity index (χ2n) is 8.68. The Morgan fingerprint density at radius 1 is 1.19 bits per heavy atom. The van der Waals surface area contributed by atoms with Crippen LogP contribution in [0.15, 0.2) is 27.5 Å². The summed E-state index contributed by atoms with van der Waals surface area (Å²) in [5, 5.41) is 14.1. The summed E-state index contributed by atoms with van der Waals surface area (Å²) in [5.74, 6) is 1.24. The Labute approximate surface area is 187 Å². The van der Waals surface area contributed by atoms with Gasteiger partial charge in [-0.25, -0.2) is 4.79 Å². The number of aromatic hydroxyl groups is 1. The Bertz CT molecular complexity index is 1140. The maximum Gasteiger partial charge on any atom is 0.439 e. The first-order chi connectivity index (χ1) is 15.5. The van der Waals surface area contributed by atoms with E-state index >= 15 is 0 Å². The number of H-pyrrole nitrogens is 1. The van der Waals surface area contributed by atoms with Crippen LogP contribution >= 0.6 is 0 Å². The van der Waals surface area contributed by atoms with Gasteiger partial charge in [-0.15, -0.1) is 0 Å². The summed E-state index contributed by atoms with van der Waals surface area (Å²) in [7, 11) is 0. The van der Waals surface area contributed by atoms with Crippen LogP contribution in [0.1, 0.15) is 84.4 Å². The molecule has 2 heterocycles. The van der Waals surface area contributed by atoms with Gasteiger partial charge >= 0.3 is 5.76 Å². The van der Waals surface area contributed by atoms with Gasteiger partial charge in [0.1, 0.15) is 18.1 Å². The minimum absolute atomic E-state index is 0.140. The number of aromatic nitrogens is 3. The lowest BCUT2D eigenvalue weighted by Crippen LogP contribution is -2.09. The van der Waals surface area contributed by atoms with Crippen molar-refractivity contribution in [2.45, 2.75) is 78.2 Å². The van der Waals surface area contributed by atoms with Crippen molar-refractivity contribution in [2.24, 2.45) is 0 Å². The van der Waals surface area contributed by atoms with Gasteiger partial charge in [0.05, 0.1) is 5.69 Å². The summed E-state index contributed by atoms with van der Waals surface area (Å²) in [6.45, 7) is 6.44. The predicted molar refractivity (Wildman–Crippen MR) is 121 cm³/mol. The Balaban J connectivity index is 1.59. The number of hydrogen-bond acceptors (Lipinski definition) is 6. The molecule has 2 aromatic heterocycles. The standard InChI is InChI=1S/C25H31N3O4/c1-4-19-16(3)20(15(2)12-22(19)31-14-23-27-25(30)32-28-23)13-18-10-11-21(29)24(26-18)17-8-6-5-7-9-17/h10-12,17,29H,4-9,13-14H2,1-3H3,(H,27,28,30). The van der Waals surface area contributed by atoms with E-state index in [-0.39, 0.29) is 6.61 Å². The highest BCUT2D eigenvalue weighted by atomic mass is 16.5. The number of ether oxygens (including phenoxy) is 1. The summed E-state index contributed by atoms with van der Waals surface area (Å²) >= 11 is 0. The lowest BCUT2D eigenvalue weighted by Gasteiger charge is -2.23. The van der Waals surface area contributed by atoms with Crippen LogP contribution < -0.4 is 10.5 Å². The monoisotopic (exact) mass is 437 g/mol. The van der Waals surface area contributed by atoms with Crippen molar-refractivity contribution in [3.8, 4) is 11.5 Å². The molecule has 0 radical (unpaired) electrons. The fourth-order valence-electron chi connectivity index (χ4n) is 4.81. The van der Waals surface area contributed by atoms with E-state index < -0.39 is 5.76 Å². The average molecular weight is 438 g/mol. The number of rotatable bonds is 7. The number of nitrogens with zero attached hydrogens (tertiary/aromatic N) is 2. The van der Waals surface area contributed by atoms with Crippen molar-refractivity contribution in [2.75, 3.05) is 0 Å². The molecule has 1 aliphatic rings. The molecule has 0 amide bonds. The quantitative estimate of drug-likeness (QED) is 0.547. The number of aryl methyl sites for hydroxylation is 1. The van der Waals surface area contributed by atoms with E-state index in [1.54, 1.807) is 6.07 Å². The van der Waals surface area contributed by atoms with Gasteiger partial charge in [0.2, 0.25) is 0 Å². The van der Waals surface area contributed by atoms with E-state index in [0.717, 1.165) is 47.5 Å². The van der Waals surface area contributed by atoms with Crippen LogP contribution in [-0.4, -0.2) is 20.2 Å². The molecular weight excluding hydrogens is 406 g/mol. The number of nitrogens with one attached hydrogen (secondary N) is 1. The molecule has 3 aromatic rings. The highest BCUT2D eigenvalue weighted by Crippen LogP contribution is 2.36. The minimum Gasteiger partial charge on any atom is -0.506 e. The third-order valence-electron chi connectivity index (χ3n) is 6.54. The Morgan fingerprint density at radius 2 is 1.97 bits per heavy atom. The van der Waals surface area contributed by atoms with Crippen LogP contribution in [-0.2, 0) is 19.4 Å². The zero-order valence-corrected chi connectivity index (χ0v) is 19.0. The third-order valence-corrected chi connectivity index (χ3v) is 6.54. The van der Waals surface area contributed by atoms with Gasteiger partial charge < -0.3 is 9.84 Å². The molecule has 0 aliphatic heterocycles. The van der Waals surface area contributed by atoms with E-state index in [0.29, 0.717) is 23.9 Å². The molecule has 4 rings (SSSR count). The molecule has 2 N–H and O–H groups in total. The van der Waals surface area contributed by atoms with Crippen molar-refractivity contribution in [3.05, 3.63) is 68.2 Å². The second kappa shape index (κ2) is 9.59. The maximum absolute atomic E-state index is 11.1. The molecule has 1 aromatic carbocycles. The molecule has 1 fully saturated rings. The number of hydrogen-bond donors (Lipinski definition) is 2. The zero-order chi connectivity index (χ0) is 22.7. The highest BCUT2D eigenvalue weighted by molar-refractivity contribution is 5.50. The van der Waals surface area contributed by atoms with Gasteiger partial charge in [0, 0.05) is 18.0 Å². The van der Waals surface area contributed by atoms with Gasteiger partial charge in [-0.3, -0.25) is 14.5 Å². The molecule has 1 saturated carbocycles. The molecule has 0 bridgehead atoms. The van der Waals surface area contributed by atoms with Gasteiger partial charge in [0.15, 0.2) is 5.82 Å². The molecule has 1 aliphatic carbocycles. The largest absolute Gasteiger partial charge is 0.506 e. The van der Waals surface area contributed by atoms with E-state index in [9.17, 15) is 9.90 Å². The highest BCUT2D eigenvalue weighted by Gasteiger charge is 2.21. The maximum atomic E-state index is 11.1. The first-order valence-corrected chi connectivity index (χ1v) is 11.4. The van der Waals surface area contributed by atoms with Gasteiger partial charge in [-0.05, 0) is 73.6 Å². The lowest BCUT2D eigenvalue weighted by molar-refractivity contribution is 0.282. The molecule has 32 heavy (non-hydrogen) atoms. The fourth-order valence-corrected chi connectivity index (χ4v) is 4.81. The fraction of sp³-hybridized carbons (Fsp3) is 0.480. The average Bonchev–Trinajstić information content (AvgIpc) is 3.22. The normalized spacial score (nSPS) is 14.6. The first-order valence-electron chi connectivity index (χ1n) is 11.4. The van der Waals surface area contributed by atoms with Crippen molar-refractivity contribution in [1.29, 1.82) is 0 Å². The van der Waals surface area contributed by atoms with E-state index in [4.69, 9.17) is 9.72 Å². The molecule has 7 nitrogen and oxygen atoms in total. The van der Waals surface area contributed by atoms with E-state index in [1.807, 2.05) is 12.1 Å². The summed E-state index contributed by atoms with van der Waals surface area (Å²) in [6, 6.07) is 5.77. The summed E-state index contributed by atoms with van der Waals surface area (Å²) in [4.78, 5) is 18.5. The Hall–Kier alpha value is -3.09. The summed E-state index contributed by atoms with van der Waals surface area (Å²) in [5.41, 5.74) is 6.50. The van der Waals surface area contributed by atoms with Crippen LogP contribution in [0.4, 0.5) is 0 Å². The van der Waals surface area contributed by atoms with Crippen molar-refractivity contribution < 1.29 is 14.4 Å². The zero-order valence-electron chi connectivity index (χ0n) is 19.0. The topological polar surface area (TPSA) is 101 Å². The van der Waals surface area contributed by atoms with Crippen LogP contribution in [0.25, 0.3) is 0 Å². The molecular formula is C25H31N3O4. The van der Waals surface area contributed by atoms with Crippen molar-refractivity contribution >= 4 is 0 Å². The van der Waals surface area contributed by atoms with Crippen LogP contribution in [0.5, 0.6) is 11.5 Å². The van der Waals surface area contributed by atoms with E-state index in [2.05, 4.69) is 35.4 Å². The molecule has 0 unspecified atom stereocenters. The summed E-state index contributed by atoms with van der Waals surface area (Å²) in [6.07, 6.45) is 7.42. The predicted octanol–water partition coefficient (Wildman–Crippen LogP) is 4.86. The van der Waals surface area contributed by atoms with Crippen molar-refractivity contribution in [1.82, 2.24) is 15.1 Å². The van der Waals surface area contributed by atoms with Gasteiger partial charge in [-0.2, -0.15) is 0 Å².